The Labute approximate surface area is 192 Å². The first kappa shape index (κ1) is 23.6. The van der Waals surface area contributed by atoms with Gasteiger partial charge in [0.2, 0.25) is 15.9 Å². The second-order valence-corrected chi connectivity index (χ2v) is 10.6. The van der Waals surface area contributed by atoms with Crippen molar-refractivity contribution in [3.63, 3.8) is 0 Å². The van der Waals surface area contributed by atoms with Gasteiger partial charge < -0.3 is 10.2 Å². The summed E-state index contributed by atoms with van der Waals surface area (Å²) in [6.07, 6.45) is 3.96. The van der Waals surface area contributed by atoms with Gasteiger partial charge in [0.15, 0.2) is 0 Å². The van der Waals surface area contributed by atoms with Crippen LogP contribution in [0.25, 0.3) is 0 Å². The Morgan fingerprint density at radius 3 is 2.30 bits per heavy atom. The van der Waals surface area contributed by atoms with Gasteiger partial charge in [0.25, 0.3) is 5.91 Å². The molecule has 2 aliphatic heterocycles. The lowest BCUT2D eigenvalue weighted by molar-refractivity contribution is -0.140. The summed E-state index contributed by atoms with van der Waals surface area (Å²) >= 11 is 0. The second-order valence-electron chi connectivity index (χ2n) is 8.70. The zero-order chi connectivity index (χ0) is 23.6. The van der Waals surface area contributed by atoms with Crippen LogP contribution >= 0.6 is 0 Å². The normalized spacial score (nSPS) is 21.9. The third-order valence-corrected chi connectivity index (χ3v) is 8.46. The van der Waals surface area contributed by atoms with E-state index >= 15 is 0 Å². The second kappa shape index (κ2) is 9.35. The van der Waals surface area contributed by atoms with Crippen molar-refractivity contribution in [2.75, 3.05) is 32.7 Å². The maximum absolute atomic E-state index is 13.1. The minimum Gasteiger partial charge on any atom is -0.322 e. The molecule has 1 spiro atoms. The first-order valence-electron chi connectivity index (χ1n) is 11.2. The number of urea groups is 1. The highest BCUT2D eigenvalue weighted by molar-refractivity contribution is 7.89. The van der Waals surface area contributed by atoms with E-state index in [1.54, 1.807) is 0 Å². The highest BCUT2D eigenvalue weighted by Crippen LogP contribution is 2.33. The molecule has 4 amide bonds. The molecule has 2 saturated heterocycles. The number of piperazine rings is 1. The van der Waals surface area contributed by atoms with Crippen LogP contribution in [0, 0.1) is 5.82 Å². The summed E-state index contributed by atoms with van der Waals surface area (Å²) < 4.78 is 39.8. The summed E-state index contributed by atoms with van der Waals surface area (Å²) in [5.74, 6) is -1.35. The number of nitrogens with zero attached hydrogens (tertiary/aromatic N) is 3. The molecule has 0 bridgehead atoms. The highest BCUT2D eigenvalue weighted by Gasteiger charge is 2.52. The fourth-order valence-corrected chi connectivity index (χ4v) is 6.03. The van der Waals surface area contributed by atoms with Gasteiger partial charge in [0, 0.05) is 39.1 Å². The summed E-state index contributed by atoms with van der Waals surface area (Å²) in [4.78, 5) is 39.4. The van der Waals surface area contributed by atoms with Crippen LogP contribution in [-0.2, 0) is 19.6 Å². The molecule has 0 unspecified atom stereocenters. The number of hydrazine groups is 1. The average molecular weight is 482 g/mol. The average Bonchev–Trinajstić information content (AvgIpc) is 3.02. The van der Waals surface area contributed by atoms with E-state index in [9.17, 15) is 27.2 Å². The minimum absolute atomic E-state index is 0.0426. The number of imide groups is 1. The van der Waals surface area contributed by atoms with Crippen molar-refractivity contribution in [3.8, 4) is 0 Å². The number of rotatable bonds is 6. The van der Waals surface area contributed by atoms with Crippen LogP contribution in [-0.4, -0.2) is 78.7 Å². The van der Waals surface area contributed by atoms with Gasteiger partial charge in [-0.15, -0.1) is 0 Å². The number of benzene rings is 1. The molecule has 0 atom stereocenters. The molecule has 180 valence electrons. The molecule has 12 heteroatoms. The molecule has 0 aromatic heterocycles. The lowest BCUT2D eigenvalue weighted by atomic mass is 9.82. The highest BCUT2D eigenvalue weighted by atomic mass is 32.2. The first-order chi connectivity index (χ1) is 15.7. The molecule has 4 rings (SSSR count). The number of hydrogen-bond acceptors (Lipinski definition) is 6. The Morgan fingerprint density at radius 2 is 1.67 bits per heavy atom. The Morgan fingerprint density at radius 1 is 1.03 bits per heavy atom. The lowest BCUT2D eigenvalue weighted by Crippen LogP contribution is -2.52. The Bertz CT molecular complexity index is 1020. The summed E-state index contributed by atoms with van der Waals surface area (Å²) in [6, 6.07) is 4.12. The third kappa shape index (κ3) is 4.87. The van der Waals surface area contributed by atoms with Gasteiger partial charge in [-0.2, -0.15) is 9.31 Å². The van der Waals surface area contributed by atoms with Crippen molar-refractivity contribution in [1.29, 1.82) is 0 Å². The van der Waals surface area contributed by atoms with Crippen LogP contribution in [0.2, 0.25) is 0 Å². The van der Waals surface area contributed by atoms with E-state index in [2.05, 4.69) is 10.7 Å². The number of halogens is 1. The van der Waals surface area contributed by atoms with Gasteiger partial charge in [-0.3, -0.25) is 15.0 Å². The summed E-state index contributed by atoms with van der Waals surface area (Å²) in [7, 11) is -3.70. The molecule has 1 aromatic rings. The monoisotopic (exact) mass is 481 g/mol. The molecule has 3 fully saturated rings. The van der Waals surface area contributed by atoms with Crippen LogP contribution in [0.15, 0.2) is 29.2 Å². The first-order valence-corrected chi connectivity index (χ1v) is 12.6. The molecule has 0 radical (unpaired) electrons. The summed E-state index contributed by atoms with van der Waals surface area (Å²) in [6.45, 7) is 1.72. The molecule has 1 saturated carbocycles. The van der Waals surface area contributed by atoms with Crippen molar-refractivity contribution in [2.24, 2.45) is 0 Å². The predicted octanol–water partition coefficient (Wildman–Crippen LogP) is 0.808. The molecule has 1 aromatic carbocycles. The van der Waals surface area contributed by atoms with E-state index in [1.807, 2.05) is 4.90 Å². The molecular formula is C21H28FN5O5S. The molecule has 2 N–H and O–H groups in total. The fraction of sp³-hybridized carbons (Fsp3) is 0.571. The minimum atomic E-state index is -3.70. The standard InChI is InChI=1S/C21H28FN5O5S/c22-16-4-6-17(7-5-16)33(31,32)26-14-12-25(13-15-26)11-8-18(28)24-27-19(29)21(23-20(27)30)9-2-1-3-10-21/h4-7H,1-3,8-15H2,(H,23,30)(H,24,28). The van der Waals surface area contributed by atoms with Crippen molar-refractivity contribution >= 4 is 27.9 Å². The van der Waals surface area contributed by atoms with Gasteiger partial charge in [-0.05, 0) is 37.1 Å². The van der Waals surface area contributed by atoms with Crippen molar-refractivity contribution in [2.45, 2.75) is 49.0 Å². The van der Waals surface area contributed by atoms with E-state index < -0.39 is 39.2 Å². The van der Waals surface area contributed by atoms with Gasteiger partial charge in [0.05, 0.1) is 4.90 Å². The van der Waals surface area contributed by atoms with Crippen LogP contribution < -0.4 is 10.7 Å². The predicted molar refractivity (Wildman–Crippen MR) is 116 cm³/mol. The quantitative estimate of drug-likeness (QED) is 0.581. The number of hydrogen-bond donors (Lipinski definition) is 2. The topological polar surface area (TPSA) is 119 Å². The van der Waals surface area contributed by atoms with E-state index in [0.29, 0.717) is 32.5 Å². The smallest absolute Gasteiger partial charge is 0.322 e. The van der Waals surface area contributed by atoms with Crippen molar-refractivity contribution in [1.82, 2.24) is 25.0 Å². The van der Waals surface area contributed by atoms with Gasteiger partial charge >= 0.3 is 6.03 Å². The van der Waals surface area contributed by atoms with Gasteiger partial charge in [-0.25, -0.2) is 17.6 Å². The molecular weight excluding hydrogens is 453 g/mol. The Balaban J connectivity index is 1.24. The number of carbonyl (C=O) groups excluding carboxylic acids is 3. The number of sulfonamides is 1. The molecule has 33 heavy (non-hydrogen) atoms. The van der Waals surface area contributed by atoms with Crippen LogP contribution in [0.4, 0.5) is 9.18 Å². The summed E-state index contributed by atoms with van der Waals surface area (Å²) in [5, 5.41) is 3.54. The number of nitrogens with one attached hydrogen (secondary N) is 2. The number of carbonyl (C=O) groups is 3. The SMILES string of the molecule is O=C(CCN1CCN(S(=O)(=O)c2ccc(F)cc2)CC1)NN1C(=O)NC2(CCCCC2)C1=O. The number of amides is 4. The Hall–Kier alpha value is -2.57. The molecule has 1 aliphatic carbocycles. The molecule has 10 nitrogen and oxygen atoms in total. The fourth-order valence-electron chi connectivity index (χ4n) is 4.61. The van der Waals surface area contributed by atoms with Gasteiger partial charge in [0.1, 0.15) is 11.4 Å². The van der Waals surface area contributed by atoms with Crippen molar-refractivity contribution < 1.29 is 27.2 Å². The van der Waals surface area contributed by atoms with Crippen LogP contribution in [0.3, 0.4) is 0 Å². The van der Waals surface area contributed by atoms with Gasteiger partial charge in [-0.1, -0.05) is 19.3 Å². The van der Waals surface area contributed by atoms with E-state index in [0.717, 1.165) is 36.4 Å². The largest absolute Gasteiger partial charge is 0.344 e. The van der Waals surface area contributed by atoms with E-state index in [1.165, 1.54) is 16.4 Å². The van der Waals surface area contributed by atoms with Crippen molar-refractivity contribution in [3.05, 3.63) is 30.1 Å². The van der Waals surface area contributed by atoms with Crippen LogP contribution in [0.1, 0.15) is 38.5 Å². The van der Waals surface area contributed by atoms with E-state index in [4.69, 9.17) is 0 Å². The molecule has 3 aliphatic rings. The zero-order valence-corrected chi connectivity index (χ0v) is 19.1. The summed E-state index contributed by atoms with van der Waals surface area (Å²) in [5.41, 5.74) is 1.52. The zero-order valence-electron chi connectivity index (χ0n) is 18.3. The van der Waals surface area contributed by atoms with Crippen LogP contribution in [0.5, 0.6) is 0 Å². The molecule has 2 heterocycles. The lowest BCUT2D eigenvalue weighted by Gasteiger charge is -2.33. The maximum Gasteiger partial charge on any atom is 0.344 e. The maximum atomic E-state index is 13.1. The third-order valence-electron chi connectivity index (χ3n) is 6.54. The Kier molecular flexibility index (Phi) is 6.68. The van der Waals surface area contributed by atoms with E-state index in [-0.39, 0.29) is 24.4 Å².